The summed E-state index contributed by atoms with van der Waals surface area (Å²) < 4.78 is 0. The van der Waals surface area contributed by atoms with Crippen molar-refractivity contribution in [3.8, 4) is 10.4 Å². The van der Waals surface area contributed by atoms with Crippen molar-refractivity contribution in [1.29, 1.82) is 0 Å². The summed E-state index contributed by atoms with van der Waals surface area (Å²) in [5.74, 6) is 0. The van der Waals surface area contributed by atoms with E-state index in [9.17, 15) is 0 Å². The fraction of sp³-hybridized carbons (Fsp3) is 0.444. The second kappa shape index (κ2) is 10.8. The molecule has 3 heteroatoms. The first-order valence-electron chi connectivity index (χ1n) is 7.56. The van der Waals surface area contributed by atoms with E-state index >= 15 is 0 Å². The van der Waals surface area contributed by atoms with E-state index in [-0.39, 0.29) is 0 Å². The molecule has 21 heavy (non-hydrogen) atoms. The largest absolute Gasteiger partial charge is 0.305 e. The maximum atomic E-state index is 6.10. The van der Waals surface area contributed by atoms with Crippen LogP contribution in [0.2, 0.25) is 5.02 Å². The van der Waals surface area contributed by atoms with E-state index in [0.717, 1.165) is 11.6 Å². The van der Waals surface area contributed by atoms with Crippen LogP contribution >= 0.6 is 22.9 Å². The summed E-state index contributed by atoms with van der Waals surface area (Å²) in [6, 6.07) is 10.5. The third kappa shape index (κ3) is 6.64. The van der Waals surface area contributed by atoms with Crippen LogP contribution in [-0.2, 0) is 6.54 Å². The van der Waals surface area contributed by atoms with Crippen LogP contribution in [0.25, 0.3) is 10.4 Å². The molecule has 0 aliphatic heterocycles. The Morgan fingerprint density at radius 2 is 1.62 bits per heavy atom. The van der Waals surface area contributed by atoms with Gasteiger partial charge in [-0.25, -0.2) is 0 Å². The molecule has 0 unspecified atom stereocenters. The van der Waals surface area contributed by atoms with Crippen molar-refractivity contribution in [2.75, 3.05) is 14.1 Å². The minimum Gasteiger partial charge on any atom is -0.305 e. The Bertz CT molecular complexity index is 518. The molecular formula is C18H28ClNS. The summed E-state index contributed by atoms with van der Waals surface area (Å²) in [4.78, 5) is 4.80. The Morgan fingerprint density at radius 3 is 2.10 bits per heavy atom. The third-order valence-electron chi connectivity index (χ3n) is 2.56. The predicted molar refractivity (Wildman–Crippen MR) is 99.6 cm³/mol. The van der Waals surface area contributed by atoms with Gasteiger partial charge in [0.25, 0.3) is 0 Å². The first-order chi connectivity index (χ1) is 10.1. The minimum absolute atomic E-state index is 0.800. The zero-order chi connectivity index (χ0) is 16.4. The number of nitrogens with zero attached hydrogens (tertiary/aromatic N) is 1. The summed E-state index contributed by atoms with van der Waals surface area (Å²) in [5.41, 5.74) is 2.57. The van der Waals surface area contributed by atoms with E-state index in [1.54, 1.807) is 0 Å². The smallest absolute Gasteiger partial charge is 0.0412 e. The van der Waals surface area contributed by atoms with E-state index < -0.39 is 0 Å². The quantitative estimate of drug-likeness (QED) is 0.623. The lowest BCUT2D eigenvalue weighted by atomic mass is 10.1. The number of thiophene rings is 1. The SMILES string of the molecule is CC.CC.Cc1ccc(-c2cc(Cl)ccc2CN(C)C)s1. The zero-order valence-electron chi connectivity index (χ0n) is 14.3. The van der Waals surface area contributed by atoms with Crippen LogP contribution in [0.4, 0.5) is 0 Å². The maximum absolute atomic E-state index is 6.10. The van der Waals surface area contributed by atoms with Crippen LogP contribution < -0.4 is 0 Å². The summed E-state index contributed by atoms with van der Waals surface area (Å²) in [5, 5.41) is 0.800. The molecule has 2 aromatic rings. The number of hydrogen-bond acceptors (Lipinski definition) is 2. The van der Waals surface area contributed by atoms with E-state index in [0.29, 0.717) is 0 Å². The van der Waals surface area contributed by atoms with Crippen LogP contribution in [0.15, 0.2) is 30.3 Å². The molecule has 0 saturated carbocycles. The van der Waals surface area contributed by atoms with Crippen molar-refractivity contribution >= 4 is 22.9 Å². The van der Waals surface area contributed by atoms with Crippen molar-refractivity contribution < 1.29 is 0 Å². The van der Waals surface area contributed by atoms with Gasteiger partial charge in [0.05, 0.1) is 0 Å². The van der Waals surface area contributed by atoms with Gasteiger partial charge in [-0.1, -0.05) is 45.4 Å². The Kier molecular flexibility index (Phi) is 10.4. The molecule has 118 valence electrons. The van der Waals surface area contributed by atoms with E-state index in [1.807, 2.05) is 45.1 Å². The first kappa shape index (κ1) is 20.2. The molecule has 0 atom stereocenters. The van der Waals surface area contributed by atoms with Gasteiger partial charge in [-0.3, -0.25) is 0 Å². The summed E-state index contributed by atoms with van der Waals surface area (Å²) in [7, 11) is 4.16. The van der Waals surface area contributed by atoms with Gasteiger partial charge in [-0.2, -0.15) is 0 Å². The summed E-state index contributed by atoms with van der Waals surface area (Å²) >= 11 is 7.91. The highest BCUT2D eigenvalue weighted by molar-refractivity contribution is 7.15. The van der Waals surface area contributed by atoms with Crippen LogP contribution in [0.1, 0.15) is 38.1 Å². The molecule has 0 spiro atoms. The normalized spacial score (nSPS) is 9.57. The summed E-state index contributed by atoms with van der Waals surface area (Å²) in [6.07, 6.45) is 0. The molecule has 0 aliphatic rings. The van der Waals surface area contributed by atoms with Crippen LogP contribution in [0.3, 0.4) is 0 Å². The molecule has 0 N–H and O–H groups in total. The van der Waals surface area contributed by atoms with Crippen LogP contribution in [0, 0.1) is 6.92 Å². The highest BCUT2D eigenvalue weighted by Crippen LogP contribution is 2.32. The van der Waals surface area contributed by atoms with Crippen molar-refractivity contribution in [3.05, 3.63) is 45.8 Å². The molecule has 0 amide bonds. The number of benzene rings is 1. The van der Waals surface area contributed by atoms with Gasteiger partial charge < -0.3 is 4.90 Å². The topological polar surface area (TPSA) is 3.24 Å². The number of halogens is 1. The maximum Gasteiger partial charge on any atom is 0.0412 e. The van der Waals surface area contributed by atoms with Gasteiger partial charge in [-0.15, -0.1) is 11.3 Å². The molecule has 1 aromatic heterocycles. The highest BCUT2D eigenvalue weighted by Gasteiger charge is 2.08. The van der Waals surface area contributed by atoms with Crippen molar-refractivity contribution in [2.24, 2.45) is 0 Å². The van der Waals surface area contributed by atoms with E-state index in [4.69, 9.17) is 11.6 Å². The number of rotatable bonds is 3. The molecule has 0 fully saturated rings. The lowest BCUT2D eigenvalue weighted by Gasteiger charge is -2.13. The molecule has 1 aromatic carbocycles. The fourth-order valence-corrected chi connectivity index (χ4v) is 2.93. The average Bonchev–Trinajstić information content (AvgIpc) is 2.91. The fourth-order valence-electron chi connectivity index (χ4n) is 1.84. The van der Waals surface area contributed by atoms with Gasteiger partial charge in [0.2, 0.25) is 0 Å². The lowest BCUT2D eigenvalue weighted by Crippen LogP contribution is -2.11. The second-order valence-electron chi connectivity index (χ2n) is 4.45. The Labute approximate surface area is 139 Å². The average molecular weight is 326 g/mol. The molecule has 0 bridgehead atoms. The molecule has 1 nitrogen and oxygen atoms in total. The molecule has 0 aliphatic carbocycles. The minimum atomic E-state index is 0.800. The third-order valence-corrected chi connectivity index (χ3v) is 3.83. The Morgan fingerprint density at radius 1 is 1.00 bits per heavy atom. The van der Waals surface area contributed by atoms with Crippen molar-refractivity contribution in [1.82, 2.24) is 4.90 Å². The molecular weight excluding hydrogens is 298 g/mol. The monoisotopic (exact) mass is 325 g/mol. The molecule has 0 radical (unpaired) electrons. The summed E-state index contributed by atoms with van der Waals surface area (Å²) in [6.45, 7) is 11.1. The molecule has 1 heterocycles. The Hall–Kier alpha value is -0.830. The number of hydrogen-bond donors (Lipinski definition) is 0. The predicted octanol–water partition coefficient (Wildman–Crippen LogP) is 6.49. The molecule has 0 saturated heterocycles. The van der Waals surface area contributed by atoms with Crippen LogP contribution in [0.5, 0.6) is 0 Å². The number of aryl methyl sites for hydroxylation is 1. The lowest BCUT2D eigenvalue weighted by molar-refractivity contribution is 0.403. The van der Waals surface area contributed by atoms with Crippen LogP contribution in [-0.4, -0.2) is 19.0 Å². The second-order valence-corrected chi connectivity index (χ2v) is 6.17. The van der Waals surface area contributed by atoms with Gasteiger partial charge >= 0.3 is 0 Å². The van der Waals surface area contributed by atoms with E-state index in [1.165, 1.54) is 20.9 Å². The Balaban J connectivity index is 0.000000921. The molecule has 2 rings (SSSR count). The first-order valence-corrected chi connectivity index (χ1v) is 8.75. The van der Waals surface area contributed by atoms with Crippen molar-refractivity contribution in [3.63, 3.8) is 0 Å². The standard InChI is InChI=1S/C14H16ClNS.2C2H6/c1-10-4-7-14(17-10)13-8-12(15)6-5-11(13)9-16(2)3;2*1-2/h4-8H,9H2,1-3H3;2*1-2H3. The highest BCUT2D eigenvalue weighted by atomic mass is 35.5. The van der Waals surface area contributed by atoms with Gasteiger partial charge in [0.15, 0.2) is 0 Å². The van der Waals surface area contributed by atoms with E-state index in [2.05, 4.69) is 50.2 Å². The van der Waals surface area contributed by atoms with Gasteiger partial charge in [-0.05, 0) is 56.4 Å². The zero-order valence-corrected chi connectivity index (χ0v) is 15.9. The van der Waals surface area contributed by atoms with Gasteiger partial charge in [0.1, 0.15) is 0 Å². The van der Waals surface area contributed by atoms with Gasteiger partial charge in [0, 0.05) is 21.3 Å². The van der Waals surface area contributed by atoms with Crippen molar-refractivity contribution in [2.45, 2.75) is 41.2 Å².